The van der Waals surface area contributed by atoms with Crippen molar-refractivity contribution in [2.45, 2.75) is 42.4 Å². The van der Waals surface area contributed by atoms with Gasteiger partial charge in [0.05, 0.1) is 28.2 Å². The largest absolute Gasteiger partial charge is 0.496 e. The van der Waals surface area contributed by atoms with E-state index in [1.807, 2.05) is 12.1 Å². The molecule has 2 aliphatic heterocycles. The molecule has 1 saturated heterocycles. The molecule has 3 aromatic carbocycles. The first-order chi connectivity index (χ1) is 18.6. The molecule has 3 aromatic rings. The summed E-state index contributed by atoms with van der Waals surface area (Å²) in [7, 11) is -6.24. The third-order valence-corrected chi connectivity index (χ3v) is 11.0. The smallest absolute Gasteiger partial charge is 0.264 e. The third-order valence-electron chi connectivity index (χ3n) is 7.26. The summed E-state index contributed by atoms with van der Waals surface area (Å²) >= 11 is 0. The minimum absolute atomic E-state index is 0.0229. The van der Waals surface area contributed by atoms with Gasteiger partial charge in [0, 0.05) is 25.3 Å². The van der Waals surface area contributed by atoms with Gasteiger partial charge >= 0.3 is 0 Å². The first-order valence-electron chi connectivity index (χ1n) is 12.8. The van der Waals surface area contributed by atoms with Crippen LogP contribution >= 0.6 is 0 Å². The summed E-state index contributed by atoms with van der Waals surface area (Å²) in [5, 5.41) is 2.77. The quantitative estimate of drug-likeness (QED) is 0.457. The Labute approximate surface area is 229 Å². The maximum atomic E-state index is 13.6. The lowest BCUT2D eigenvalue weighted by atomic mass is 10.1. The Morgan fingerprint density at radius 3 is 2.28 bits per heavy atom. The summed E-state index contributed by atoms with van der Waals surface area (Å²) in [4.78, 5) is 13.5. The van der Waals surface area contributed by atoms with Crippen LogP contribution in [-0.2, 0) is 26.5 Å². The summed E-state index contributed by atoms with van der Waals surface area (Å²) < 4.78 is 61.7. The van der Waals surface area contributed by atoms with Crippen molar-refractivity contribution in [1.82, 2.24) is 4.31 Å². The molecular formula is C28H31N3O6S2. The molecule has 0 spiro atoms. The number of hydrogen-bond acceptors (Lipinski definition) is 6. The molecular weight excluding hydrogens is 538 g/mol. The summed E-state index contributed by atoms with van der Waals surface area (Å²) in [6, 6.07) is 16.1. The van der Waals surface area contributed by atoms with Gasteiger partial charge in [-0.2, -0.15) is 4.31 Å². The fraction of sp³-hybridized carbons (Fsp3) is 0.321. The number of sulfonamides is 2. The zero-order chi connectivity index (χ0) is 27.8. The molecule has 1 amide bonds. The Bertz CT molecular complexity index is 1630. The maximum Gasteiger partial charge on any atom is 0.264 e. The molecule has 5 rings (SSSR count). The molecule has 1 fully saturated rings. The maximum absolute atomic E-state index is 13.6. The molecule has 0 unspecified atom stereocenters. The van der Waals surface area contributed by atoms with Crippen molar-refractivity contribution in [2.75, 3.05) is 36.4 Å². The predicted octanol–water partition coefficient (Wildman–Crippen LogP) is 4.18. The number of carbonyl (C=O) groups is 1. The minimum Gasteiger partial charge on any atom is -0.496 e. The van der Waals surface area contributed by atoms with Crippen molar-refractivity contribution < 1.29 is 26.4 Å². The zero-order valence-electron chi connectivity index (χ0n) is 21.9. The van der Waals surface area contributed by atoms with Gasteiger partial charge in [-0.15, -0.1) is 0 Å². The lowest BCUT2D eigenvalue weighted by Crippen LogP contribution is -2.35. The van der Waals surface area contributed by atoms with Crippen LogP contribution < -0.4 is 14.4 Å². The lowest BCUT2D eigenvalue weighted by Gasteiger charge is -2.26. The van der Waals surface area contributed by atoms with E-state index in [1.54, 1.807) is 25.1 Å². The molecule has 1 N–H and O–H groups in total. The van der Waals surface area contributed by atoms with Gasteiger partial charge in [0.25, 0.3) is 15.9 Å². The van der Waals surface area contributed by atoms with Gasteiger partial charge in [0.15, 0.2) is 0 Å². The summed E-state index contributed by atoms with van der Waals surface area (Å²) in [6.45, 7) is 3.01. The van der Waals surface area contributed by atoms with Crippen LogP contribution in [0, 0.1) is 6.92 Å². The Morgan fingerprint density at radius 2 is 1.54 bits per heavy atom. The molecule has 2 aliphatic rings. The Morgan fingerprint density at radius 1 is 0.846 bits per heavy atom. The number of methoxy groups -OCH3 is 1. The topological polar surface area (TPSA) is 113 Å². The van der Waals surface area contributed by atoms with Gasteiger partial charge in [-0.05, 0) is 73.7 Å². The van der Waals surface area contributed by atoms with E-state index in [0.29, 0.717) is 43.0 Å². The second-order valence-corrected chi connectivity index (χ2v) is 13.5. The van der Waals surface area contributed by atoms with Crippen LogP contribution in [0.1, 0.15) is 40.7 Å². The number of anilines is 2. The number of nitrogens with one attached hydrogen (secondary N) is 1. The Balaban J connectivity index is 1.45. The average molecular weight is 570 g/mol. The number of nitrogens with zero attached hydrogens (tertiary/aromatic N) is 2. The normalized spacial score (nSPS) is 16.1. The van der Waals surface area contributed by atoms with Crippen LogP contribution in [0.15, 0.2) is 70.5 Å². The molecule has 206 valence electrons. The molecule has 39 heavy (non-hydrogen) atoms. The number of fused-ring (bicyclic) bond motifs is 1. The van der Waals surface area contributed by atoms with Gasteiger partial charge in [-0.25, -0.2) is 16.8 Å². The summed E-state index contributed by atoms with van der Waals surface area (Å²) in [5.41, 5.74) is 2.58. The Kier molecular flexibility index (Phi) is 7.41. The number of hydrogen-bond donors (Lipinski definition) is 1. The van der Waals surface area contributed by atoms with E-state index < -0.39 is 26.0 Å². The van der Waals surface area contributed by atoms with Gasteiger partial charge in [0.2, 0.25) is 10.0 Å². The molecule has 9 nitrogen and oxygen atoms in total. The Hall–Kier alpha value is -3.41. The fourth-order valence-electron chi connectivity index (χ4n) is 5.05. The number of amides is 1. The summed E-state index contributed by atoms with van der Waals surface area (Å²) in [6.07, 6.45) is 3.24. The number of benzene rings is 3. The van der Waals surface area contributed by atoms with Crippen LogP contribution in [0.4, 0.5) is 11.4 Å². The van der Waals surface area contributed by atoms with Crippen LogP contribution in [0.3, 0.4) is 0 Å². The molecule has 11 heteroatoms. The highest BCUT2D eigenvalue weighted by Crippen LogP contribution is 2.34. The minimum atomic E-state index is -3.94. The molecule has 0 radical (unpaired) electrons. The molecule has 0 saturated carbocycles. The average Bonchev–Trinajstić information content (AvgIpc) is 3.39. The zero-order valence-corrected chi connectivity index (χ0v) is 23.5. The van der Waals surface area contributed by atoms with Crippen molar-refractivity contribution in [3.63, 3.8) is 0 Å². The van der Waals surface area contributed by atoms with E-state index in [-0.39, 0.29) is 21.1 Å². The molecule has 0 bridgehead atoms. The van der Waals surface area contributed by atoms with E-state index in [4.69, 9.17) is 4.74 Å². The molecule has 2 heterocycles. The molecule has 0 aromatic heterocycles. The van der Waals surface area contributed by atoms with E-state index >= 15 is 0 Å². The highest BCUT2D eigenvalue weighted by atomic mass is 32.2. The third kappa shape index (κ3) is 5.13. The fourth-order valence-corrected chi connectivity index (χ4v) is 8.12. The first-order valence-corrected chi connectivity index (χ1v) is 15.7. The van der Waals surface area contributed by atoms with Crippen molar-refractivity contribution in [3.05, 3.63) is 77.4 Å². The number of rotatable bonds is 7. The van der Waals surface area contributed by atoms with Crippen molar-refractivity contribution in [1.29, 1.82) is 0 Å². The SMILES string of the molecule is COc1ccc(S(=O)(=O)N2CCc3ccccc32)cc1C(=O)Nc1cc(S(=O)(=O)N2CCCCC2)ccc1C. The standard InChI is InChI=1S/C28H31N3O6S2/c1-20-10-11-23(38(33,34)30-15-6-3-7-16-30)19-25(20)29-28(32)24-18-22(12-13-27(24)37-2)39(35,36)31-17-14-21-8-4-5-9-26(21)31/h4-5,8-13,18-19H,3,6-7,14-17H2,1-2H3,(H,29,32). The van der Waals surface area contributed by atoms with Gasteiger partial charge in [0.1, 0.15) is 5.75 Å². The van der Waals surface area contributed by atoms with Crippen LogP contribution in [0.5, 0.6) is 5.75 Å². The lowest BCUT2D eigenvalue weighted by molar-refractivity contribution is 0.102. The van der Waals surface area contributed by atoms with Gasteiger partial charge in [-0.1, -0.05) is 30.7 Å². The summed E-state index contributed by atoms with van der Waals surface area (Å²) in [5.74, 6) is -0.413. The molecule has 0 aliphatic carbocycles. The van der Waals surface area contributed by atoms with E-state index in [2.05, 4.69) is 5.32 Å². The van der Waals surface area contributed by atoms with Gasteiger partial charge in [-0.3, -0.25) is 9.10 Å². The predicted molar refractivity (Wildman–Crippen MR) is 149 cm³/mol. The highest BCUT2D eigenvalue weighted by molar-refractivity contribution is 7.92. The number of piperidine rings is 1. The van der Waals surface area contributed by atoms with Gasteiger partial charge < -0.3 is 10.1 Å². The van der Waals surface area contributed by atoms with Crippen LogP contribution in [0.25, 0.3) is 0 Å². The second kappa shape index (κ2) is 10.6. The van der Waals surface area contributed by atoms with Crippen molar-refractivity contribution in [3.8, 4) is 5.75 Å². The first kappa shape index (κ1) is 27.2. The van der Waals surface area contributed by atoms with Crippen LogP contribution in [0.2, 0.25) is 0 Å². The van der Waals surface area contributed by atoms with Crippen LogP contribution in [-0.4, -0.2) is 53.8 Å². The van der Waals surface area contributed by atoms with E-state index in [9.17, 15) is 21.6 Å². The van der Waals surface area contributed by atoms with Crippen molar-refractivity contribution >= 4 is 37.3 Å². The number of ether oxygens (including phenoxy) is 1. The molecule has 0 atom stereocenters. The van der Waals surface area contributed by atoms with Crippen molar-refractivity contribution in [2.24, 2.45) is 0 Å². The second-order valence-electron chi connectivity index (χ2n) is 9.71. The van der Waals surface area contributed by atoms with E-state index in [1.165, 1.54) is 46.1 Å². The number of para-hydroxylation sites is 1. The highest BCUT2D eigenvalue weighted by Gasteiger charge is 2.32. The monoisotopic (exact) mass is 569 g/mol. The van der Waals surface area contributed by atoms with E-state index in [0.717, 1.165) is 24.8 Å². The number of carbonyl (C=O) groups excluding carboxylic acids is 1. The number of aryl methyl sites for hydroxylation is 1.